The van der Waals surface area contributed by atoms with Gasteiger partial charge in [-0.2, -0.15) is 0 Å². The quantitative estimate of drug-likeness (QED) is 0.652. The van der Waals surface area contributed by atoms with E-state index in [1.165, 1.54) is 0 Å². The fourth-order valence-corrected chi connectivity index (χ4v) is 1.55. The number of benzene rings is 1. The molecular formula is C8H4INO. The van der Waals surface area contributed by atoms with Gasteiger partial charge in [0, 0.05) is 15.3 Å². The van der Waals surface area contributed by atoms with Crippen molar-refractivity contribution in [3.63, 3.8) is 0 Å². The van der Waals surface area contributed by atoms with Gasteiger partial charge >= 0.3 is 0 Å². The number of halogens is 1. The largest absolute Gasteiger partial charge is 0.277 e. The van der Waals surface area contributed by atoms with Crippen molar-refractivity contribution in [3.8, 4) is 0 Å². The molecule has 0 atom stereocenters. The summed E-state index contributed by atoms with van der Waals surface area (Å²) in [5.74, 6) is -0.128. The molecule has 1 heterocycles. The molecule has 11 heavy (non-hydrogen) atoms. The SMILES string of the molecule is O=C1N=Cc2cc(I)ccc21. The van der Waals surface area contributed by atoms with Crippen LogP contribution in [0.5, 0.6) is 0 Å². The summed E-state index contributed by atoms with van der Waals surface area (Å²) in [5, 5.41) is 0. The van der Waals surface area contributed by atoms with Crippen molar-refractivity contribution in [2.24, 2.45) is 4.99 Å². The predicted molar refractivity (Wildman–Crippen MR) is 51.1 cm³/mol. The molecule has 0 aromatic heterocycles. The number of hydrogen-bond acceptors (Lipinski definition) is 1. The maximum atomic E-state index is 11.0. The van der Waals surface area contributed by atoms with E-state index in [-0.39, 0.29) is 5.91 Å². The van der Waals surface area contributed by atoms with Gasteiger partial charge in [0.25, 0.3) is 5.91 Å². The van der Waals surface area contributed by atoms with Gasteiger partial charge in [-0.3, -0.25) is 4.79 Å². The summed E-state index contributed by atoms with van der Waals surface area (Å²) in [6, 6.07) is 5.67. The van der Waals surface area contributed by atoms with E-state index >= 15 is 0 Å². The smallest absolute Gasteiger partial charge is 0.267 e. The molecule has 3 heteroatoms. The second kappa shape index (κ2) is 2.41. The second-order valence-electron chi connectivity index (χ2n) is 2.29. The first-order chi connectivity index (χ1) is 5.27. The standard InChI is InChI=1S/C8H4INO/c9-6-1-2-7-5(3-6)4-10-8(7)11/h1-4H. The first-order valence-electron chi connectivity index (χ1n) is 3.15. The Bertz CT molecular complexity index is 357. The molecule has 0 fully saturated rings. The van der Waals surface area contributed by atoms with Gasteiger partial charge in [0.1, 0.15) is 0 Å². The molecule has 1 aromatic carbocycles. The van der Waals surface area contributed by atoms with Crippen LogP contribution in [0.3, 0.4) is 0 Å². The van der Waals surface area contributed by atoms with E-state index in [1.54, 1.807) is 6.21 Å². The van der Waals surface area contributed by atoms with E-state index in [0.717, 1.165) is 9.13 Å². The van der Waals surface area contributed by atoms with Crippen LogP contribution < -0.4 is 0 Å². The number of aliphatic imine (C=N–C) groups is 1. The molecule has 0 aliphatic carbocycles. The Morgan fingerprint density at radius 2 is 2.18 bits per heavy atom. The Labute approximate surface area is 77.5 Å². The number of nitrogens with zero attached hydrogens (tertiary/aromatic N) is 1. The van der Waals surface area contributed by atoms with Crippen LogP contribution in [0, 0.1) is 3.57 Å². The summed E-state index contributed by atoms with van der Waals surface area (Å²) < 4.78 is 1.13. The van der Waals surface area contributed by atoms with Crippen molar-refractivity contribution in [2.75, 3.05) is 0 Å². The summed E-state index contributed by atoms with van der Waals surface area (Å²) in [6.07, 6.45) is 1.61. The molecular weight excluding hydrogens is 253 g/mol. The molecule has 54 valence electrons. The lowest BCUT2D eigenvalue weighted by molar-refractivity contribution is 0.101. The molecule has 0 radical (unpaired) electrons. The molecule has 0 unspecified atom stereocenters. The lowest BCUT2D eigenvalue weighted by atomic mass is 10.1. The first kappa shape index (κ1) is 6.97. The number of rotatable bonds is 0. The van der Waals surface area contributed by atoms with Crippen LogP contribution in [-0.4, -0.2) is 12.1 Å². The zero-order valence-electron chi connectivity index (χ0n) is 5.54. The fraction of sp³-hybridized carbons (Fsp3) is 0. The van der Waals surface area contributed by atoms with Gasteiger partial charge in [-0.05, 0) is 40.8 Å². The molecule has 0 spiro atoms. The van der Waals surface area contributed by atoms with Crippen molar-refractivity contribution in [2.45, 2.75) is 0 Å². The minimum Gasteiger partial charge on any atom is -0.267 e. The van der Waals surface area contributed by atoms with Crippen LogP contribution in [-0.2, 0) is 0 Å². The van der Waals surface area contributed by atoms with Crippen molar-refractivity contribution < 1.29 is 4.79 Å². The zero-order valence-corrected chi connectivity index (χ0v) is 7.70. The molecule has 0 bridgehead atoms. The van der Waals surface area contributed by atoms with Crippen LogP contribution in [0.15, 0.2) is 23.2 Å². The molecule has 0 saturated heterocycles. The minimum atomic E-state index is -0.128. The monoisotopic (exact) mass is 257 g/mol. The number of hydrogen-bond donors (Lipinski definition) is 0. The summed E-state index contributed by atoms with van der Waals surface area (Å²) >= 11 is 2.21. The number of amides is 1. The van der Waals surface area contributed by atoms with Gasteiger partial charge in [-0.1, -0.05) is 0 Å². The Hall–Kier alpha value is -0.710. The lowest BCUT2D eigenvalue weighted by Gasteiger charge is -1.94. The molecule has 0 saturated carbocycles. The molecule has 1 aromatic rings. The first-order valence-corrected chi connectivity index (χ1v) is 4.23. The zero-order chi connectivity index (χ0) is 7.84. The third-order valence-electron chi connectivity index (χ3n) is 1.56. The van der Waals surface area contributed by atoms with Gasteiger partial charge in [0.05, 0.1) is 5.56 Å². The minimum absolute atomic E-state index is 0.128. The maximum Gasteiger partial charge on any atom is 0.277 e. The molecule has 2 rings (SSSR count). The van der Waals surface area contributed by atoms with Crippen molar-refractivity contribution >= 4 is 34.7 Å². The molecule has 0 N–H and O–H groups in total. The highest BCUT2D eigenvalue weighted by Gasteiger charge is 2.14. The molecule has 1 amide bonds. The summed E-state index contributed by atoms with van der Waals surface area (Å²) in [6.45, 7) is 0. The van der Waals surface area contributed by atoms with Crippen LogP contribution >= 0.6 is 22.6 Å². The average Bonchev–Trinajstić information content (AvgIpc) is 2.32. The topological polar surface area (TPSA) is 29.4 Å². The highest BCUT2D eigenvalue weighted by Crippen LogP contribution is 2.16. The fourth-order valence-electron chi connectivity index (χ4n) is 1.03. The Balaban J connectivity index is 2.66. The van der Waals surface area contributed by atoms with Gasteiger partial charge in [-0.15, -0.1) is 0 Å². The molecule has 2 nitrogen and oxygen atoms in total. The van der Waals surface area contributed by atoms with Gasteiger partial charge < -0.3 is 0 Å². The Kier molecular flexibility index (Phi) is 1.52. The highest BCUT2D eigenvalue weighted by atomic mass is 127. The number of carbonyl (C=O) groups is 1. The maximum absolute atomic E-state index is 11.0. The third-order valence-corrected chi connectivity index (χ3v) is 2.24. The van der Waals surface area contributed by atoms with E-state index < -0.39 is 0 Å². The van der Waals surface area contributed by atoms with E-state index in [0.29, 0.717) is 5.56 Å². The van der Waals surface area contributed by atoms with Crippen LogP contribution in [0.1, 0.15) is 15.9 Å². The van der Waals surface area contributed by atoms with E-state index in [9.17, 15) is 4.79 Å². The van der Waals surface area contributed by atoms with Crippen molar-refractivity contribution in [1.82, 2.24) is 0 Å². The Morgan fingerprint density at radius 1 is 1.36 bits per heavy atom. The van der Waals surface area contributed by atoms with Crippen molar-refractivity contribution in [1.29, 1.82) is 0 Å². The molecule has 1 aliphatic rings. The third kappa shape index (κ3) is 1.09. The van der Waals surface area contributed by atoms with Gasteiger partial charge in [0.2, 0.25) is 0 Å². The second-order valence-corrected chi connectivity index (χ2v) is 3.54. The van der Waals surface area contributed by atoms with E-state index in [1.807, 2.05) is 18.2 Å². The van der Waals surface area contributed by atoms with Crippen molar-refractivity contribution in [3.05, 3.63) is 32.9 Å². The predicted octanol–water partition coefficient (Wildman–Crippen LogP) is 1.86. The van der Waals surface area contributed by atoms with E-state index in [2.05, 4.69) is 27.6 Å². The molecule has 1 aliphatic heterocycles. The highest BCUT2D eigenvalue weighted by molar-refractivity contribution is 14.1. The summed E-state index contributed by atoms with van der Waals surface area (Å²) in [5.41, 5.74) is 1.65. The lowest BCUT2D eigenvalue weighted by Crippen LogP contribution is -1.91. The Morgan fingerprint density at radius 3 is 3.00 bits per heavy atom. The summed E-state index contributed by atoms with van der Waals surface area (Å²) in [7, 11) is 0. The number of fused-ring (bicyclic) bond motifs is 1. The average molecular weight is 257 g/mol. The van der Waals surface area contributed by atoms with Gasteiger partial charge in [0.15, 0.2) is 0 Å². The van der Waals surface area contributed by atoms with E-state index in [4.69, 9.17) is 0 Å². The van der Waals surface area contributed by atoms with Crippen LogP contribution in [0.25, 0.3) is 0 Å². The number of carbonyl (C=O) groups excluding carboxylic acids is 1. The van der Waals surface area contributed by atoms with Crippen LogP contribution in [0.4, 0.5) is 0 Å². The summed E-state index contributed by atoms with van der Waals surface area (Å²) in [4.78, 5) is 14.7. The normalized spacial score (nSPS) is 13.7. The van der Waals surface area contributed by atoms with Gasteiger partial charge in [-0.25, -0.2) is 4.99 Å². The van der Waals surface area contributed by atoms with Crippen LogP contribution in [0.2, 0.25) is 0 Å².